The van der Waals surface area contributed by atoms with Crippen molar-refractivity contribution < 1.29 is 23.5 Å². The molecule has 1 aliphatic rings. The molecule has 0 amide bonds. The van der Waals surface area contributed by atoms with Gasteiger partial charge in [0.05, 0.1) is 28.3 Å². The number of aromatic nitrogens is 1. The molecule has 208 valence electrons. The summed E-state index contributed by atoms with van der Waals surface area (Å²) in [6.45, 7) is 3.90. The molecule has 1 saturated carbocycles. The molecule has 0 aliphatic heterocycles. The number of hydrogen-bond acceptors (Lipinski definition) is 6. The van der Waals surface area contributed by atoms with Gasteiger partial charge in [-0.3, -0.25) is 0 Å². The largest absolute Gasteiger partial charge is 0.489 e. The third-order valence-electron chi connectivity index (χ3n) is 7.35. The summed E-state index contributed by atoms with van der Waals surface area (Å²) in [6, 6.07) is 18.6. The fourth-order valence-electron chi connectivity index (χ4n) is 4.87. The maximum atomic E-state index is 11.7. The number of nitrogens with zero attached hydrogens (tertiary/aromatic N) is 1. The number of methoxy groups -OCH3 is 2. The maximum absolute atomic E-state index is 11.7. The van der Waals surface area contributed by atoms with E-state index >= 15 is 0 Å². The standard InChI is InChI=1S/C31H28Cl3NO5/c1-31(2,38-4)29-23(28(35-40-29)27-24(32)6-5-7-25(27)33)16-39-19-12-13-20(26(34)14-19)22-15-21(22)17-8-10-18(11-9-17)30(36)37-3/h5-14,21-22H,15-16H2,1-4H3. The zero-order chi connectivity index (χ0) is 28.6. The molecule has 6 nitrogen and oxygen atoms in total. The summed E-state index contributed by atoms with van der Waals surface area (Å²) < 4.78 is 22.4. The number of carbonyl (C=O) groups excluding carboxylic acids is 1. The van der Waals surface area contributed by atoms with Gasteiger partial charge in [0, 0.05) is 17.7 Å². The lowest BCUT2D eigenvalue weighted by atomic mass is 9.98. The zero-order valence-electron chi connectivity index (χ0n) is 22.5. The summed E-state index contributed by atoms with van der Waals surface area (Å²) >= 11 is 19.7. The fourth-order valence-corrected chi connectivity index (χ4v) is 5.76. The predicted molar refractivity (Wildman–Crippen MR) is 156 cm³/mol. The molecule has 1 heterocycles. The van der Waals surface area contributed by atoms with Crippen molar-refractivity contribution in [1.82, 2.24) is 5.16 Å². The van der Waals surface area contributed by atoms with E-state index in [9.17, 15) is 4.79 Å². The van der Waals surface area contributed by atoms with Gasteiger partial charge >= 0.3 is 5.97 Å². The summed E-state index contributed by atoms with van der Waals surface area (Å²) in [5.74, 6) is 1.42. The second-order valence-electron chi connectivity index (χ2n) is 10.2. The zero-order valence-corrected chi connectivity index (χ0v) is 24.7. The molecule has 0 N–H and O–H groups in total. The average Bonchev–Trinajstić information content (AvgIpc) is 3.62. The minimum absolute atomic E-state index is 0.136. The van der Waals surface area contributed by atoms with Gasteiger partial charge in [0.25, 0.3) is 0 Å². The molecule has 40 heavy (non-hydrogen) atoms. The number of rotatable bonds is 9. The van der Waals surface area contributed by atoms with Gasteiger partial charge < -0.3 is 18.7 Å². The average molecular weight is 601 g/mol. The molecule has 9 heteroatoms. The lowest BCUT2D eigenvalue weighted by Crippen LogP contribution is -2.21. The number of carbonyl (C=O) groups is 1. The highest BCUT2D eigenvalue weighted by molar-refractivity contribution is 6.39. The molecule has 0 saturated heterocycles. The highest BCUT2D eigenvalue weighted by Crippen LogP contribution is 2.56. The van der Waals surface area contributed by atoms with Crippen LogP contribution in [0.4, 0.5) is 0 Å². The molecular formula is C31H28Cl3NO5. The maximum Gasteiger partial charge on any atom is 0.337 e. The van der Waals surface area contributed by atoms with Gasteiger partial charge in [0.1, 0.15) is 23.7 Å². The molecule has 1 aliphatic carbocycles. The molecule has 0 bridgehead atoms. The normalized spacial score (nSPS) is 16.6. The van der Waals surface area contributed by atoms with Gasteiger partial charge in [-0.25, -0.2) is 4.79 Å². The van der Waals surface area contributed by atoms with Crippen LogP contribution in [0.3, 0.4) is 0 Å². The lowest BCUT2D eigenvalue weighted by Gasteiger charge is -2.21. The minimum Gasteiger partial charge on any atom is -0.489 e. The first-order chi connectivity index (χ1) is 19.1. The van der Waals surface area contributed by atoms with Crippen LogP contribution in [0.2, 0.25) is 15.1 Å². The second-order valence-corrected chi connectivity index (χ2v) is 11.4. The van der Waals surface area contributed by atoms with Gasteiger partial charge in [0.2, 0.25) is 0 Å². The Labute approximate surface area is 248 Å². The third kappa shape index (κ3) is 5.59. The Kier molecular flexibility index (Phi) is 8.16. The number of benzene rings is 3. The van der Waals surface area contributed by atoms with Gasteiger partial charge in [0.15, 0.2) is 5.76 Å². The van der Waals surface area contributed by atoms with Crippen LogP contribution in [-0.4, -0.2) is 25.3 Å². The van der Waals surface area contributed by atoms with Crippen molar-refractivity contribution in [2.24, 2.45) is 0 Å². The van der Waals surface area contributed by atoms with E-state index in [1.54, 1.807) is 37.4 Å². The highest BCUT2D eigenvalue weighted by Gasteiger charge is 2.40. The predicted octanol–water partition coefficient (Wildman–Crippen LogP) is 8.82. The van der Waals surface area contributed by atoms with E-state index in [0.717, 1.165) is 12.0 Å². The first-order valence-corrected chi connectivity index (χ1v) is 13.9. The molecule has 0 spiro atoms. The van der Waals surface area contributed by atoms with Gasteiger partial charge in [-0.1, -0.05) is 64.2 Å². The molecule has 1 aromatic heterocycles. The molecule has 2 unspecified atom stereocenters. The third-order valence-corrected chi connectivity index (χ3v) is 8.31. The van der Waals surface area contributed by atoms with Crippen molar-refractivity contribution in [3.8, 4) is 17.0 Å². The van der Waals surface area contributed by atoms with Gasteiger partial charge in [-0.15, -0.1) is 0 Å². The van der Waals surface area contributed by atoms with E-state index in [-0.39, 0.29) is 12.6 Å². The quantitative estimate of drug-likeness (QED) is 0.179. The monoisotopic (exact) mass is 599 g/mol. The van der Waals surface area contributed by atoms with Crippen molar-refractivity contribution in [1.29, 1.82) is 0 Å². The van der Waals surface area contributed by atoms with Crippen molar-refractivity contribution in [3.63, 3.8) is 0 Å². The number of hydrogen-bond donors (Lipinski definition) is 0. The van der Waals surface area contributed by atoms with Crippen LogP contribution in [-0.2, 0) is 21.7 Å². The van der Waals surface area contributed by atoms with E-state index in [2.05, 4.69) is 5.16 Å². The summed E-state index contributed by atoms with van der Waals surface area (Å²) in [5.41, 5.74) is 3.74. The molecular weight excluding hydrogens is 573 g/mol. The summed E-state index contributed by atoms with van der Waals surface area (Å²) in [6.07, 6.45) is 0.982. The van der Waals surface area contributed by atoms with Crippen molar-refractivity contribution in [3.05, 3.63) is 104 Å². The Bertz CT molecular complexity index is 1530. The Balaban J connectivity index is 1.35. The topological polar surface area (TPSA) is 70.8 Å². The van der Waals surface area contributed by atoms with Crippen LogP contribution in [0, 0.1) is 0 Å². The number of esters is 1. The van der Waals surface area contributed by atoms with Crippen molar-refractivity contribution in [2.45, 2.75) is 44.3 Å². The molecule has 2 atom stereocenters. The van der Waals surface area contributed by atoms with E-state index < -0.39 is 5.60 Å². The van der Waals surface area contributed by atoms with Crippen molar-refractivity contribution >= 4 is 40.8 Å². The minimum atomic E-state index is -0.769. The second kappa shape index (κ2) is 11.5. The van der Waals surface area contributed by atoms with E-state index in [4.69, 9.17) is 53.5 Å². The molecule has 3 aromatic carbocycles. The fraction of sp³-hybridized carbons (Fsp3) is 0.290. The van der Waals surface area contributed by atoms with Crippen LogP contribution < -0.4 is 4.74 Å². The molecule has 4 aromatic rings. The Morgan fingerprint density at radius 3 is 2.30 bits per heavy atom. The SMILES string of the molecule is COC(=O)c1ccc(C2CC2c2ccc(OCc3c(-c4c(Cl)cccc4Cl)noc3C(C)(C)OC)cc2Cl)cc1. The van der Waals surface area contributed by atoms with Crippen LogP contribution >= 0.6 is 34.8 Å². The van der Waals surface area contributed by atoms with Gasteiger partial charge in [-0.05, 0) is 79.6 Å². The summed E-state index contributed by atoms with van der Waals surface area (Å²) in [5, 5.41) is 5.84. The molecule has 5 rings (SSSR count). The Morgan fingerprint density at radius 1 is 0.975 bits per heavy atom. The Morgan fingerprint density at radius 2 is 1.68 bits per heavy atom. The number of ether oxygens (including phenoxy) is 3. The smallest absolute Gasteiger partial charge is 0.337 e. The van der Waals surface area contributed by atoms with Crippen LogP contribution in [0.5, 0.6) is 5.75 Å². The van der Waals surface area contributed by atoms with Crippen molar-refractivity contribution in [2.75, 3.05) is 14.2 Å². The van der Waals surface area contributed by atoms with Crippen LogP contribution in [0.1, 0.15) is 64.9 Å². The first kappa shape index (κ1) is 28.5. The Hall–Kier alpha value is -3.03. The van der Waals surface area contributed by atoms with E-state index in [1.807, 2.05) is 44.2 Å². The molecule has 1 fully saturated rings. The molecule has 0 radical (unpaired) electrons. The summed E-state index contributed by atoms with van der Waals surface area (Å²) in [7, 11) is 2.98. The van der Waals surface area contributed by atoms with E-state index in [1.165, 1.54) is 12.7 Å². The highest BCUT2D eigenvalue weighted by atomic mass is 35.5. The lowest BCUT2D eigenvalue weighted by molar-refractivity contribution is -0.00510. The van der Waals surface area contributed by atoms with Crippen LogP contribution in [0.25, 0.3) is 11.3 Å². The first-order valence-electron chi connectivity index (χ1n) is 12.7. The van der Waals surface area contributed by atoms with Crippen LogP contribution in [0.15, 0.2) is 65.2 Å². The van der Waals surface area contributed by atoms with Gasteiger partial charge in [-0.2, -0.15) is 0 Å². The summed E-state index contributed by atoms with van der Waals surface area (Å²) in [4.78, 5) is 11.7. The van der Waals surface area contributed by atoms with E-state index in [0.29, 0.717) is 60.8 Å². The number of halogens is 3.